The van der Waals surface area contributed by atoms with Gasteiger partial charge in [-0.3, -0.25) is 4.79 Å². The van der Waals surface area contributed by atoms with Gasteiger partial charge in [-0.1, -0.05) is 6.07 Å². The van der Waals surface area contributed by atoms with E-state index >= 15 is 0 Å². The number of hydrogen-bond donors (Lipinski definition) is 1. The number of carbonyl (C=O) groups is 1. The number of thiophene rings is 1. The van der Waals surface area contributed by atoms with Gasteiger partial charge < -0.3 is 14.8 Å². The minimum absolute atomic E-state index is 0.140. The van der Waals surface area contributed by atoms with Crippen LogP contribution in [0.2, 0.25) is 0 Å². The second kappa shape index (κ2) is 7.04. The molecular formula is C18H21NO3S. The van der Waals surface area contributed by atoms with Crippen molar-refractivity contribution >= 4 is 17.2 Å². The lowest BCUT2D eigenvalue weighted by Gasteiger charge is -2.11. The zero-order valence-corrected chi connectivity index (χ0v) is 14.2. The van der Waals surface area contributed by atoms with Crippen LogP contribution in [0, 0.1) is 5.92 Å². The molecular weight excluding hydrogens is 310 g/mol. The van der Waals surface area contributed by atoms with Crippen LogP contribution < -0.4 is 14.8 Å². The maximum atomic E-state index is 12.2. The first-order valence-corrected chi connectivity index (χ1v) is 8.63. The Balaban J connectivity index is 1.51. The molecule has 1 N–H and O–H groups in total. The van der Waals surface area contributed by atoms with Gasteiger partial charge in [-0.25, -0.2) is 0 Å². The van der Waals surface area contributed by atoms with Crippen LogP contribution in [0.15, 0.2) is 35.7 Å². The van der Waals surface area contributed by atoms with E-state index in [9.17, 15) is 4.79 Å². The number of rotatable bonds is 7. The van der Waals surface area contributed by atoms with Crippen molar-refractivity contribution in [2.45, 2.75) is 18.8 Å². The third-order valence-corrected chi connectivity index (χ3v) is 5.22. The largest absolute Gasteiger partial charge is 0.497 e. The molecule has 1 heterocycles. The Bertz CT molecular complexity index is 669. The van der Waals surface area contributed by atoms with Crippen molar-refractivity contribution in [2.24, 2.45) is 5.92 Å². The fourth-order valence-electron chi connectivity index (χ4n) is 2.83. The highest BCUT2D eigenvalue weighted by atomic mass is 32.1. The molecule has 1 aromatic carbocycles. The van der Waals surface area contributed by atoms with Gasteiger partial charge in [0.15, 0.2) is 0 Å². The summed E-state index contributed by atoms with van der Waals surface area (Å²) in [5, 5.41) is 5.11. The molecule has 1 aromatic heterocycles. The number of amides is 1. The van der Waals surface area contributed by atoms with E-state index in [0.717, 1.165) is 29.9 Å². The molecule has 3 rings (SSSR count). The van der Waals surface area contributed by atoms with Crippen molar-refractivity contribution in [1.82, 2.24) is 5.32 Å². The van der Waals surface area contributed by atoms with Crippen LogP contribution >= 0.6 is 11.3 Å². The van der Waals surface area contributed by atoms with Gasteiger partial charge in [-0.05, 0) is 48.1 Å². The summed E-state index contributed by atoms with van der Waals surface area (Å²) in [4.78, 5) is 13.5. The van der Waals surface area contributed by atoms with Crippen LogP contribution in [-0.4, -0.2) is 26.7 Å². The molecule has 0 aliphatic heterocycles. The van der Waals surface area contributed by atoms with Gasteiger partial charge in [-0.15, -0.1) is 11.3 Å². The van der Waals surface area contributed by atoms with Crippen LogP contribution in [0.25, 0.3) is 0 Å². The second-order valence-electron chi connectivity index (χ2n) is 5.68. The lowest BCUT2D eigenvalue weighted by atomic mass is 10.1. The number of benzene rings is 1. The van der Waals surface area contributed by atoms with Gasteiger partial charge in [-0.2, -0.15) is 0 Å². The molecule has 4 nitrogen and oxygen atoms in total. The molecule has 23 heavy (non-hydrogen) atoms. The van der Waals surface area contributed by atoms with E-state index in [1.54, 1.807) is 25.6 Å². The monoisotopic (exact) mass is 331 g/mol. The lowest BCUT2D eigenvalue weighted by Crippen LogP contribution is -2.27. The Kier molecular flexibility index (Phi) is 4.86. The summed E-state index contributed by atoms with van der Waals surface area (Å²) in [6, 6.07) is 9.88. The normalized spacial score (nSPS) is 19.2. The third-order valence-electron chi connectivity index (χ3n) is 4.22. The summed E-state index contributed by atoms with van der Waals surface area (Å²) in [5.41, 5.74) is 1.04. The lowest BCUT2D eigenvalue weighted by molar-refractivity contribution is -0.122. The van der Waals surface area contributed by atoms with Crippen molar-refractivity contribution in [3.63, 3.8) is 0 Å². The summed E-state index contributed by atoms with van der Waals surface area (Å²) in [6.07, 6.45) is 1.69. The maximum Gasteiger partial charge on any atom is 0.223 e. The predicted molar refractivity (Wildman–Crippen MR) is 91.4 cm³/mol. The van der Waals surface area contributed by atoms with Crippen LogP contribution in [-0.2, 0) is 11.2 Å². The van der Waals surface area contributed by atoms with Gasteiger partial charge in [0.25, 0.3) is 0 Å². The molecule has 0 bridgehead atoms. The summed E-state index contributed by atoms with van der Waals surface area (Å²) in [7, 11) is 3.30. The number of nitrogens with one attached hydrogen (secondary N) is 1. The van der Waals surface area contributed by atoms with Crippen LogP contribution in [0.3, 0.4) is 0 Å². The average molecular weight is 331 g/mol. The summed E-state index contributed by atoms with van der Waals surface area (Å²) < 4.78 is 10.6. The highest BCUT2D eigenvalue weighted by Crippen LogP contribution is 2.49. The third kappa shape index (κ3) is 3.67. The highest BCUT2D eigenvalue weighted by Gasteiger charge is 2.44. The van der Waals surface area contributed by atoms with Crippen LogP contribution in [0.5, 0.6) is 11.5 Å². The molecule has 122 valence electrons. The Morgan fingerprint density at radius 2 is 2.17 bits per heavy atom. The molecule has 0 radical (unpaired) electrons. The van der Waals surface area contributed by atoms with Gasteiger partial charge in [0.05, 0.1) is 14.2 Å². The van der Waals surface area contributed by atoms with E-state index < -0.39 is 0 Å². The van der Waals surface area contributed by atoms with Crippen LogP contribution in [0.1, 0.15) is 22.8 Å². The van der Waals surface area contributed by atoms with E-state index in [1.165, 1.54) is 4.88 Å². The molecule has 5 heteroatoms. The SMILES string of the molecule is COc1ccc(OC)c(CCNC(=O)C2CC2c2cccs2)c1. The topological polar surface area (TPSA) is 47.6 Å². The summed E-state index contributed by atoms with van der Waals surface area (Å²) in [6.45, 7) is 0.607. The summed E-state index contributed by atoms with van der Waals surface area (Å²) in [5.74, 6) is 2.34. The number of ether oxygens (including phenoxy) is 2. The van der Waals surface area contributed by atoms with E-state index in [0.29, 0.717) is 12.5 Å². The minimum Gasteiger partial charge on any atom is -0.497 e. The van der Waals surface area contributed by atoms with Crippen molar-refractivity contribution in [1.29, 1.82) is 0 Å². The first-order valence-electron chi connectivity index (χ1n) is 7.75. The minimum atomic E-state index is 0.140. The maximum absolute atomic E-state index is 12.2. The smallest absolute Gasteiger partial charge is 0.223 e. The average Bonchev–Trinajstić information content (AvgIpc) is 3.20. The van der Waals surface area contributed by atoms with Gasteiger partial charge >= 0.3 is 0 Å². The number of carbonyl (C=O) groups excluding carboxylic acids is 1. The van der Waals surface area contributed by atoms with E-state index in [4.69, 9.17) is 9.47 Å². The standard InChI is InChI=1S/C18H21NO3S/c1-21-13-5-6-16(22-2)12(10-13)7-8-19-18(20)15-11-14(15)17-4-3-9-23-17/h3-6,9-10,14-15H,7-8,11H2,1-2H3,(H,19,20). The van der Waals surface area contributed by atoms with Crippen molar-refractivity contribution in [3.05, 3.63) is 46.2 Å². The quantitative estimate of drug-likeness (QED) is 0.847. The Morgan fingerprint density at radius 1 is 1.30 bits per heavy atom. The summed E-state index contributed by atoms with van der Waals surface area (Å²) >= 11 is 1.73. The Hall–Kier alpha value is -2.01. The number of hydrogen-bond acceptors (Lipinski definition) is 4. The van der Waals surface area contributed by atoms with Crippen molar-refractivity contribution in [2.75, 3.05) is 20.8 Å². The molecule has 1 saturated carbocycles. The zero-order valence-electron chi connectivity index (χ0n) is 13.4. The molecule has 0 spiro atoms. The van der Waals surface area contributed by atoms with Crippen molar-refractivity contribution < 1.29 is 14.3 Å². The second-order valence-corrected chi connectivity index (χ2v) is 6.66. The van der Waals surface area contributed by atoms with E-state index in [1.807, 2.05) is 24.3 Å². The van der Waals surface area contributed by atoms with Crippen LogP contribution in [0.4, 0.5) is 0 Å². The molecule has 1 aliphatic carbocycles. The molecule has 1 amide bonds. The fourth-order valence-corrected chi connectivity index (χ4v) is 3.74. The van der Waals surface area contributed by atoms with Gasteiger partial charge in [0.1, 0.15) is 11.5 Å². The predicted octanol–water partition coefficient (Wildman–Crippen LogP) is 3.23. The highest BCUT2D eigenvalue weighted by molar-refractivity contribution is 7.10. The zero-order chi connectivity index (χ0) is 16.2. The molecule has 0 saturated heterocycles. The van der Waals surface area contributed by atoms with E-state index in [-0.39, 0.29) is 11.8 Å². The first-order chi connectivity index (χ1) is 11.2. The number of methoxy groups -OCH3 is 2. The first kappa shape index (κ1) is 15.9. The van der Waals surface area contributed by atoms with E-state index in [2.05, 4.69) is 16.8 Å². The van der Waals surface area contributed by atoms with Gasteiger partial charge in [0, 0.05) is 23.3 Å². The Labute approximate surface area is 140 Å². The van der Waals surface area contributed by atoms with Gasteiger partial charge in [0.2, 0.25) is 5.91 Å². The fraction of sp³-hybridized carbons (Fsp3) is 0.389. The molecule has 2 aromatic rings. The van der Waals surface area contributed by atoms with Crippen molar-refractivity contribution in [3.8, 4) is 11.5 Å². The molecule has 1 aliphatic rings. The molecule has 1 fully saturated rings. The molecule has 2 atom stereocenters. The molecule has 2 unspecified atom stereocenters. The Morgan fingerprint density at radius 3 is 2.87 bits per heavy atom.